The highest BCUT2D eigenvalue weighted by atomic mass is 16.1. The zero-order valence-corrected chi connectivity index (χ0v) is 9.99. The van der Waals surface area contributed by atoms with Gasteiger partial charge in [-0.3, -0.25) is 9.59 Å². The second kappa shape index (κ2) is 5.45. The minimum Gasteiger partial charge on any atom is -0.378 e. The summed E-state index contributed by atoms with van der Waals surface area (Å²) in [6.07, 6.45) is 0.378. The summed E-state index contributed by atoms with van der Waals surface area (Å²) >= 11 is 0. The lowest BCUT2D eigenvalue weighted by atomic mass is 10.1. The molecule has 0 amide bonds. The van der Waals surface area contributed by atoms with Crippen molar-refractivity contribution in [3.63, 3.8) is 0 Å². The van der Waals surface area contributed by atoms with Crippen LogP contribution in [-0.4, -0.2) is 25.7 Å². The minimum absolute atomic E-state index is 0.0231. The first-order valence-corrected chi connectivity index (χ1v) is 5.26. The molecule has 0 saturated heterocycles. The van der Waals surface area contributed by atoms with Crippen LogP contribution in [0.3, 0.4) is 0 Å². The molecule has 0 atom stereocenters. The molecule has 0 aliphatic heterocycles. The van der Waals surface area contributed by atoms with Gasteiger partial charge in [0.2, 0.25) is 0 Å². The number of carbonyl (C=O) groups excluding carboxylic acids is 2. The molecule has 1 aromatic carbocycles. The van der Waals surface area contributed by atoms with Gasteiger partial charge >= 0.3 is 0 Å². The Kier molecular flexibility index (Phi) is 4.23. The number of rotatable bonds is 5. The summed E-state index contributed by atoms with van der Waals surface area (Å²) in [6, 6.07) is 7.79. The van der Waals surface area contributed by atoms with Gasteiger partial charge in [-0.15, -0.1) is 0 Å². The minimum atomic E-state index is -0.0742. The van der Waals surface area contributed by atoms with E-state index in [1.54, 1.807) is 0 Å². The summed E-state index contributed by atoms with van der Waals surface area (Å²) in [5.74, 6) is -0.0972. The van der Waals surface area contributed by atoms with E-state index in [9.17, 15) is 9.59 Å². The fraction of sp³-hybridized carbons (Fsp3) is 0.385. The average molecular weight is 219 g/mol. The fourth-order valence-electron chi connectivity index (χ4n) is 1.48. The molecule has 1 aromatic rings. The van der Waals surface area contributed by atoms with Crippen LogP contribution in [0, 0.1) is 0 Å². The highest BCUT2D eigenvalue weighted by Gasteiger charge is 2.06. The Balaban J connectivity index is 2.62. The Hall–Kier alpha value is -1.64. The summed E-state index contributed by atoms with van der Waals surface area (Å²) in [4.78, 5) is 24.2. The van der Waals surface area contributed by atoms with Gasteiger partial charge in [-0.2, -0.15) is 0 Å². The van der Waals surface area contributed by atoms with Crippen molar-refractivity contribution in [2.75, 3.05) is 19.0 Å². The van der Waals surface area contributed by atoms with Crippen LogP contribution in [-0.2, 0) is 16.0 Å². The molecule has 0 heterocycles. The molecule has 0 aromatic heterocycles. The van der Waals surface area contributed by atoms with Gasteiger partial charge in [0.05, 0.1) is 6.42 Å². The van der Waals surface area contributed by atoms with Crippen molar-refractivity contribution in [2.45, 2.75) is 19.8 Å². The number of nitrogens with zero attached hydrogens (tertiary/aromatic N) is 1. The van der Waals surface area contributed by atoms with E-state index in [2.05, 4.69) is 0 Å². The number of hydrogen-bond acceptors (Lipinski definition) is 3. The highest BCUT2D eigenvalue weighted by molar-refractivity contribution is 5.98. The summed E-state index contributed by atoms with van der Waals surface area (Å²) in [5.41, 5.74) is 2.06. The SMILES string of the molecule is CC(=O)CC(=O)Cc1ccc(N(C)C)cc1. The van der Waals surface area contributed by atoms with Crippen molar-refractivity contribution in [2.24, 2.45) is 0 Å². The van der Waals surface area contributed by atoms with E-state index in [1.807, 2.05) is 43.3 Å². The number of carbonyl (C=O) groups is 2. The summed E-state index contributed by atoms with van der Waals surface area (Å²) in [5, 5.41) is 0. The van der Waals surface area contributed by atoms with Gasteiger partial charge in [-0.25, -0.2) is 0 Å². The molecule has 0 N–H and O–H groups in total. The molecule has 0 saturated carbocycles. The molecular weight excluding hydrogens is 202 g/mol. The molecule has 0 aliphatic carbocycles. The van der Waals surface area contributed by atoms with Crippen molar-refractivity contribution in [1.82, 2.24) is 0 Å². The van der Waals surface area contributed by atoms with E-state index in [1.165, 1.54) is 6.92 Å². The van der Waals surface area contributed by atoms with E-state index < -0.39 is 0 Å². The van der Waals surface area contributed by atoms with Crippen molar-refractivity contribution < 1.29 is 9.59 Å². The van der Waals surface area contributed by atoms with Crippen LogP contribution in [0.5, 0.6) is 0 Å². The lowest BCUT2D eigenvalue weighted by Gasteiger charge is -2.12. The molecule has 16 heavy (non-hydrogen) atoms. The van der Waals surface area contributed by atoms with Gasteiger partial charge in [0.15, 0.2) is 0 Å². The van der Waals surface area contributed by atoms with E-state index in [0.29, 0.717) is 6.42 Å². The predicted octanol–water partition coefficient (Wildman–Crippen LogP) is 1.84. The fourth-order valence-corrected chi connectivity index (χ4v) is 1.48. The molecule has 3 heteroatoms. The zero-order chi connectivity index (χ0) is 12.1. The maximum atomic E-state index is 11.4. The maximum Gasteiger partial charge on any atom is 0.144 e. The van der Waals surface area contributed by atoms with E-state index in [4.69, 9.17) is 0 Å². The van der Waals surface area contributed by atoms with Crippen molar-refractivity contribution in [1.29, 1.82) is 0 Å². The smallest absolute Gasteiger partial charge is 0.144 e. The molecule has 0 spiro atoms. The molecule has 1 rings (SSSR count). The maximum absolute atomic E-state index is 11.4. The number of anilines is 1. The van der Waals surface area contributed by atoms with Gasteiger partial charge < -0.3 is 4.90 Å². The molecule has 0 aliphatic rings. The lowest BCUT2D eigenvalue weighted by Crippen LogP contribution is -2.09. The average Bonchev–Trinajstić information content (AvgIpc) is 2.16. The van der Waals surface area contributed by atoms with Crippen LogP contribution in [0.4, 0.5) is 5.69 Å². The Morgan fingerprint density at radius 1 is 1.12 bits per heavy atom. The Labute approximate surface area is 96.1 Å². The standard InChI is InChI=1S/C13H17NO2/c1-10(15)8-13(16)9-11-4-6-12(7-5-11)14(2)3/h4-7H,8-9H2,1-3H3. The number of ketones is 2. The first-order chi connectivity index (χ1) is 7.49. The molecule has 86 valence electrons. The van der Waals surface area contributed by atoms with Gasteiger partial charge in [0, 0.05) is 26.2 Å². The van der Waals surface area contributed by atoms with Crippen LogP contribution in [0.2, 0.25) is 0 Å². The van der Waals surface area contributed by atoms with Gasteiger partial charge in [-0.05, 0) is 24.6 Å². The highest BCUT2D eigenvalue weighted by Crippen LogP contribution is 2.13. The molecule has 0 fully saturated rings. The van der Waals surface area contributed by atoms with E-state index in [0.717, 1.165) is 11.3 Å². The first-order valence-electron chi connectivity index (χ1n) is 5.26. The first kappa shape index (κ1) is 12.4. The van der Waals surface area contributed by atoms with E-state index >= 15 is 0 Å². The largest absolute Gasteiger partial charge is 0.378 e. The van der Waals surface area contributed by atoms with Gasteiger partial charge in [-0.1, -0.05) is 12.1 Å². The summed E-state index contributed by atoms with van der Waals surface area (Å²) in [6.45, 7) is 1.44. The topological polar surface area (TPSA) is 37.4 Å². The van der Waals surface area contributed by atoms with Gasteiger partial charge in [0.25, 0.3) is 0 Å². The Bertz CT molecular complexity index is 379. The van der Waals surface area contributed by atoms with Crippen LogP contribution < -0.4 is 4.90 Å². The predicted molar refractivity (Wildman–Crippen MR) is 64.8 cm³/mol. The number of benzene rings is 1. The monoisotopic (exact) mass is 219 g/mol. The molecule has 0 radical (unpaired) electrons. The Morgan fingerprint density at radius 2 is 1.69 bits per heavy atom. The number of Topliss-reactive ketones (excluding diaryl/α,β-unsaturated/α-hetero) is 2. The van der Waals surface area contributed by atoms with Crippen molar-refractivity contribution in [3.8, 4) is 0 Å². The number of hydrogen-bond donors (Lipinski definition) is 0. The molecular formula is C13H17NO2. The molecule has 0 unspecified atom stereocenters. The van der Waals surface area contributed by atoms with Gasteiger partial charge in [0.1, 0.15) is 11.6 Å². The second-order valence-corrected chi connectivity index (χ2v) is 4.16. The third-order valence-corrected chi connectivity index (χ3v) is 2.30. The van der Waals surface area contributed by atoms with Crippen LogP contribution >= 0.6 is 0 Å². The van der Waals surface area contributed by atoms with Crippen LogP contribution in [0.25, 0.3) is 0 Å². The van der Waals surface area contributed by atoms with Crippen molar-refractivity contribution >= 4 is 17.3 Å². The van der Waals surface area contributed by atoms with Crippen LogP contribution in [0.15, 0.2) is 24.3 Å². The second-order valence-electron chi connectivity index (χ2n) is 4.16. The quantitative estimate of drug-likeness (QED) is 0.709. The third kappa shape index (κ3) is 3.85. The molecule has 3 nitrogen and oxygen atoms in total. The summed E-state index contributed by atoms with van der Waals surface area (Å²) in [7, 11) is 3.94. The zero-order valence-electron chi connectivity index (χ0n) is 9.99. The normalized spacial score (nSPS) is 9.94. The van der Waals surface area contributed by atoms with E-state index in [-0.39, 0.29) is 18.0 Å². The lowest BCUT2D eigenvalue weighted by molar-refractivity contribution is -0.125. The van der Waals surface area contributed by atoms with Crippen molar-refractivity contribution in [3.05, 3.63) is 29.8 Å². The Morgan fingerprint density at radius 3 is 2.12 bits per heavy atom. The summed E-state index contributed by atoms with van der Waals surface area (Å²) < 4.78 is 0. The third-order valence-electron chi connectivity index (χ3n) is 2.30. The molecule has 0 bridgehead atoms. The van der Waals surface area contributed by atoms with Crippen LogP contribution in [0.1, 0.15) is 18.9 Å².